The first kappa shape index (κ1) is 16.5. The SMILES string of the molecule is CN(C(=O)NCC1CCSC1)C1(CC(=O)O)CCCCC1. The molecular weight excluding hydrogens is 288 g/mol. The predicted octanol–water partition coefficient (Wildman–Crippen LogP) is 2.56. The van der Waals surface area contributed by atoms with Crippen molar-refractivity contribution in [2.75, 3.05) is 25.1 Å². The third kappa shape index (κ3) is 4.28. The Kier molecular flexibility index (Phi) is 5.79. The average Bonchev–Trinajstić information content (AvgIpc) is 2.97. The lowest BCUT2D eigenvalue weighted by molar-refractivity contribution is -0.140. The first-order valence-electron chi connectivity index (χ1n) is 7.85. The summed E-state index contributed by atoms with van der Waals surface area (Å²) in [6.45, 7) is 0.708. The highest BCUT2D eigenvalue weighted by Crippen LogP contribution is 2.36. The normalized spacial score (nSPS) is 24.5. The Morgan fingerprint density at radius 1 is 1.33 bits per heavy atom. The Morgan fingerprint density at radius 2 is 2.05 bits per heavy atom. The zero-order valence-corrected chi connectivity index (χ0v) is 13.6. The fourth-order valence-electron chi connectivity index (χ4n) is 3.43. The number of nitrogens with one attached hydrogen (secondary N) is 1. The maximum absolute atomic E-state index is 12.4. The molecule has 0 spiro atoms. The summed E-state index contributed by atoms with van der Waals surface area (Å²) in [4.78, 5) is 25.3. The summed E-state index contributed by atoms with van der Waals surface area (Å²) in [7, 11) is 1.76. The molecular formula is C15H26N2O3S. The van der Waals surface area contributed by atoms with Gasteiger partial charge in [0.05, 0.1) is 12.0 Å². The van der Waals surface area contributed by atoms with Gasteiger partial charge in [-0.3, -0.25) is 4.79 Å². The van der Waals surface area contributed by atoms with Crippen molar-refractivity contribution in [3.8, 4) is 0 Å². The largest absolute Gasteiger partial charge is 0.481 e. The van der Waals surface area contributed by atoms with Crippen LogP contribution in [-0.2, 0) is 4.79 Å². The van der Waals surface area contributed by atoms with Crippen LogP contribution in [0.4, 0.5) is 4.79 Å². The molecule has 0 bridgehead atoms. The van der Waals surface area contributed by atoms with Gasteiger partial charge in [0, 0.05) is 13.6 Å². The molecule has 120 valence electrons. The van der Waals surface area contributed by atoms with Crippen LogP contribution in [-0.4, -0.2) is 52.6 Å². The van der Waals surface area contributed by atoms with Gasteiger partial charge in [0.25, 0.3) is 0 Å². The van der Waals surface area contributed by atoms with Crippen molar-refractivity contribution in [3.05, 3.63) is 0 Å². The lowest BCUT2D eigenvalue weighted by Crippen LogP contribution is -2.55. The molecule has 1 unspecified atom stereocenters. The van der Waals surface area contributed by atoms with E-state index in [1.807, 2.05) is 11.8 Å². The summed E-state index contributed by atoms with van der Waals surface area (Å²) in [5.74, 6) is 2.04. The van der Waals surface area contributed by atoms with Crippen LogP contribution >= 0.6 is 11.8 Å². The number of thioether (sulfide) groups is 1. The summed E-state index contributed by atoms with van der Waals surface area (Å²) in [5.41, 5.74) is -0.501. The smallest absolute Gasteiger partial charge is 0.317 e. The average molecular weight is 314 g/mol. The molecule has 1 saturated heterocycles. The van der Waals surface area contributed by atoms with Crippen LogP contribution in [0.5, 0.6) is 0 Å². The number of amides is 2. The molecule has 2 N–H and O–H groups in total. The van der Waals surface area contributed by atoms with Crippen LogP contribution in [0.3, 0.4) is 0 Å². The molecule has 1 aliphatic carbocycles. The number of carbonyl (C=O) groups is 2. The molecule has 2 fully saturated rings. The Labute approximate surface area is 130 Å². The summed E-state index contributed by atoms with van der Waals surface area (Å²) < 4.78 is 0. The third-order valence-electron chi connectivity index (χ3n) is 4.85. The summed E-state index contributed by atoms with van der Waals surface area (Å²) >= 11 is 1.94. The number of rotatable bonds is 5. The standard InChI is InChI=1S/C15H26N2O3S/c1-17(14(20)16-10-12-5-8-21-11-12)15(9-13(18)19)6-3-2-4-7-15/h12H,2-11H2,1H3,(H,16,20)(H,18,19). The number of hydrogen-bond donors (Lipinski definition) is 2. The molecule has 21 heavy (non-hydrogen) atoms. The van der Waals surface area contributed by atoms with E-state index in [0.29, 0.717) is 12.5 Å². The van der Waals surface area contributed by atoms with Gasteiger partial charge in [0.1, 0.15) is 0 Å². The molecule has 1 heterocycles. The van der Waals surface area contributed by atoms with Crippen LogP contribution in [0.1, 0.15) is 44.9 Å². The Bertz CT molecular complexity index is 377. The molecule has 0 aromatic rings. The lowest BCUT2D eigenvalue weighted by Gasteiger charge is -2.43. The van der Waals surface area contributed by atoms with E-state index < -0.39 is 11.5 Å². The highest BCUT2D eigenvalue weighted by atomic mass is 32.2. The quantitative estimate of drug-likeness (QED) is 0.818. The number of aliphatic carboxylic acids is 1. The third-order valence-corrected chi connectivity index (χ3v) is 6.08. The van der Waals surface area contributed by atoms with Gasteiger partial charge in [-0.05, 0) is 36.7 Å². The maximum Gasteiger partial charge on any atom is 0.317 e. The van der Waals surface area contributed by atoms with Gasteiger partial charge in [-0.15, -0.1) is 0 Å². The molecule has 1 saturated carbocycles. The van der Waals surface area contributed by atoms with Gasteiger partial charge in [0.15, 0.2) is 0 Å². The topological polar surface area (TPSA) is 69.6 Å². The number of nitrogens with zero attached hydrogens (tertiary/aromatic N) is 1. The van der Waals surface area contributed by atoms with E-state index >= 15 is 0 Å². The minimum absolute atomic E-state index is 0.0518. The Morgan fingerprint density at radius 3 is 2.62 bits per heavy atom. The monoisotopic (exact) mass is 314 g/mol. The minimum atomic E-state index is -0.816. The van der Waals surface area contributed by atoms with Crippen LogP contribution in [0.2, 0.25) is 0 Å². The number of carbonyl (C=O) groups excluding carboxylic acids is 1. The van der Waals surface area contributed by atoms with Crippen molar-refractivity contribution in [3.63, 3.8) is 0 Å². The molecule has 2 amide bonds. The first-order chi connectivity index (χ1) is 10.0. The molecule has 2 aliphatic rings. The molecule has 1 aliphatic heterocycles. The zero-order chi connectivity index (χ0) is 15.3. The number of carboxylic acids is 1. The van der Waals surface area contributed by atoms with E-state index in [1.165, 1.54) is 5.75 Å². The van der Waals surface area contributed by atoms with Crippen LogP contribution in [0, 0.1) is 5.92 Å². The van der Waals surface area contributed by atoms with Gasteiger partial charge in [0.2, 0.25) is 0 Å². The van der Waals surface area contributed by atoms with Crippen molar-refractivity contribution < 1.29 is 14.7 Å². The van der Waals surface area contributed by atoms with Crippen molar-refractivity contribution in [2.24, 2.45) is 5.92 Å². The second-order valence-corrected chi connectivity index (χ2v) is 7.48. The van der Waals surface area contributed by atoms with Crippen molar-refractivity contribution in [1.29, 1.82) is 0 Å². The van der Waals surface area contributed by atoms with E-state index in [4.69, 9.17) is 0 Å². The number of hydrogen-bond acceptors (Lipinski definition) is 3. The van der Waals surface area contributed by atoms with Crippen molar-refractivity contribution in [2.45, 2.75) is 50.5 Å². The van der Waals surface area contributed by atoms with E-state index in [-0.39, 0.29) is 12.5 Å². The van der Waals surface area contributed by atoms with Gasteiger partial charge >= 0.3 is 12.0 Å². The molecule has 6 heteroatoms. The minimum Gasteiger partial charge on any atom is -0.481 e. The lowest BCUT2D eigenvalue weighted by atomic mass is 9.78. The number of carboxylic acid groups (broad SMARTS) is 1. The summed E-state index contributed by atoms with van der Waals surface area (Å²) in [5, 5.41) is 12.2. The van der Waals surface area contributed by atoms with Crippen molar-refractivity contribution >= 4 is 23.8 Å². The highest BCUT2D eigenvalue weighted by Gasteiger charge is 2.40. The molecule has 1 atom stereocenters. The van der Waals surface area contributed by atoms with Gasteiger partial charge in [-0.2, -0.15) is 11.8 Å². The first-order valence-corrected chi connectivity index (χ1v) is 9.00. The molecule has 2 rings (SSSR count). The Balaban J connectivity index is 1.93. The highest BCUT2D eigenvalue weighted by molar-refractivity contribution is 7.99. The van der Waals surface area contributed by atoms with E-state index in [1.54, 1.807) is 11.9 Å². The fourth-order valence-corrected chi connectivity index (χ4v) is 4.72. The van der Waals surface area contributed by atoms with Crippen LogP contribution in [0.15, 0.2) is 0 Å². The fraction of sp³-hybridized carbons (Fsp3) is 0.867. The molecule has 0 radical (unpaired) electrons. The van der Waals surface area contributed by atoms with Gasteiger partial charge in [-0.1, -0.05) is 19.3 Å². The molecule has 5 nitrogen and oxygen atoms in total. The van der Waals surface area contributed by atoms with Gasteiger partial charge < -0.3 is 15.3 Å². The molecule has 0 aromatic heterocycles. The molecule has 0 aromatic carbocycles. The predicted molar refractivity (Wildman–Crippen MR) is 84.7 cm³/mol. The number of urea groups is 1. The second-order valence-electron chi connectivity index (χ2n) is 6.33. The Hall–Kier alpha value is -0.910. The van der Waals surface area contributed by atoms with Crippen LogP contribution < -0.4 is 5.32 Å². The second kappa shape index (κ2) is 7.38. The summed E-state index contributed by atoms with van der Waals surface area (Å²) in [6, 6.07) is -0.116. The maximum atomic E-state index is 12.4. The van der Waals surface area contributed by atoms with Crippen molar-refractivity contribution in [1.82, 2.24) is 10.2 Å². The summed E-state index contributed by atoms with van der Waals surface area (Å²) in [6.07, 6.45) is 5.95. The van der Waals surface area contributed by atoms with E-state index in [2.05, 4.69) is 5.32 Å². The van der Waals surface area contributed by atoms with Crippen LogP contribution in [0.25, 0.3) is 0 Å². The zero-order valence-electron chi connectivity index (χ0n) is 12.8. The van der Waals surface area contributed by atoms with E-state index in [9.17, 15) is 14.7 Å². The van der Waals surface area contributed by atoms with E-state index in [0.717, 1.165) is 44.3 Å². The van der Waals surface area contributed by atoms with Gasteiger partial charge in [-0.25, -0.2) is 4.79 Å².